The van der Waals surface area contributed by atoms with E-state index in [1.54, 1.807) is 17.9 Å². The monoisotopic (exact) mass is 240 g/mol. The summed E-state index contributed by atoms with van der Waals surface area (Å²) in [7, 11) is 1.58. The summed E-state index contributed by atoms with van der Waals surface area (Å²) < 4.78 is 6.64. The van der Waals surface area contributed by atoms with Crippen LogP contribution in [-0.4, -0.2) is 35.4 Å². The first kappa shape index (κ1) is 13.7. The number of carbonyl (C=O) groups is 1. The standard InChI is InChI=1S/C11H20N4O2/c1-8(2)15-6-4-10(14-15)13-11(16)9(12)5-7-17-3/h4,6,8-9H,5,7,12H2,1-3H3,(H,13,14,16). The van der Waals surface area contributed by atoms with Gasteiger partial charge in [-0.2, -0.15) is 5.10 Å². The number of amides is 1. The highest BCUT2D eigenvalue weighted by Gasteiger charge is 2.14. The van der Waals surface area contributed by atoms with Crippen molar-refractivity contribution in [1.29, 1.82) is 0 Å². The summed E-state index contributed by atoms with van der Waals surface area (Å²) in [5.74, 6) is 0.285. The fourth-order valence-corrected chi connectivity index (χ4v) is 1.29. The predicted octanol–water partition coefficient (Wildman–Crippen LogP) is 0.766. The Morgan fingerprint density at radius 1 is 1.65 bits per heavy atom. The van der Waals surface area contributed by atoms with E-state index in [2.05, 4.69) is 10.4 Å². The molecule has 0 radical (unpaired) electrons. The van der Waals surface area contributed by atoms with Gasteiger partial charge in [0.15, 0.2) is 5.82 Å². The molecule has 1 aromatic rings. The van der Waals surface area contributed by atoms with Gasteiger partial charge in [-0.3, -0.25) is 9.48 Å². The number of aromatic nitrogens is 2. The van der Waals surface area contributed by atoms with Gasteiger partial charge in [0.05, 0.1) is 6.04 Å². The quantitative estimate of drug-likeness (QED) is 0.769. The molecule has 0 saturated carbocycles. The van der Waals surface area contributed by atoms with Gasteiger partial charge >= 0.3 is 0 Å². The summed E-state index contributed by atoms with van der Waals surface area (Å²) >= 11 is 0. The first-order valence-electron chi connectivity index (χ1n) is 5.65. The van der Waals surface area contributed by atoms with Gasteiger partial charge in [0.1, 0.15) is 0 Å². The van der Waals surface area contributed by atoms with Crippen LogP contribution >= 0.6 is 0 Å². The molecule has 6 heteroatoms. The Hall–Kier alpha value is -1.40. The third kappa shape index (κ3) is 4.16. The van der Waals surface area contributed by atoms with Gasteiger partial charge < -0.3 is 15.8 Å². The molecule has 1 heterocycles. The molecule has 3 N–H and O–H groups in total. The molecule has 0 aliphatic heterocycles. The van der Waals surface area contributed by atoms with Gasteiger partial charge in [0.25, 0.3) is 0 Å². The average Bonchev–Trinajstić information content (AvgIpc) is 2.74. The summed E-state index contributed by atoms with van der Waals surface area (Å²) in [6, 6.07) is 1.45. The Kier molecular flexibility index (Phi) is 5.11. The lowest BCUT2D eigenvalue weighted by Gasteiger charge is -2.10. The zero-order chi connectivity index (χ0) is 12.8. The van der Waals surface area contributed by atoms with Gasteiger partial charge in [0.2, 0.25) is 5.91 Å². The van der Waals surface area contributed by atoms with Crippen molar-refractivity contribution in [3.05, 3.63) is 12.3 Å². The van der Waals surface area contributed by atoms with Gasteiger partial charge in [-0.1, -0.05) is 0 Å². The molecule has 0 saturated heterocycles. The Labute approximate surface area is 101 Å². The van der Waals surface area contributed by atoms with Crippen LogP contribution < -0.4 is 11.1 Å². The fourth-order valence-electron chi connectivity index (χ4n) is 1.29. The molecular weight excluding hydrogens is 220 g/mol. The molecule has 0 bridgehead atoms. The van der Waals surface area contributed by atoms with E-state index in [0.717, 1.165) is 0 Å². The number of nitrogens with one attached hydrogen (secondary N) is 1. The summed E-state index contributed by atoms with van der Waals surface area (Å²) in [4.78, 5) is 11.7. The summed E-state index contributed by atoms with van der Waals surface area (Å²) in [6.45, 7) is 4.50. The third-order valence-electron chi connectivity index (χ3n) is 2.36. The zero-order valence-electron chi connectivity index (χ0n) is 10.5. The highest BCUT2D eigenvalue weighted by Crippen LogP contribution is 2.08. The van der Waals surface area contributed by atoms with Crippen LogP contribution in [0, 0.1) is 0 Å². The van der Waals surface area contributed by atoms with Gasteiger partial charge in [-0.15, -0.1) is 0 Å². The number of anilines is 1. The summed E-state index contributed by atoms with van der Waals surface area (Å²) in [5, 5.41) is 6.88. The topological polar surface area (TPSA) is 82.2 Å². The molecule has 0 fully saturated rings. The van der Waals surface area contributed by atoms with Gasteiger partial charge in [0, 0.05) is 32.0 Å². The second kappa shape index (κ2) is 6.36. The van der Waals surface area contributed by atoms with Crippen LogP contribution in [0.2, 0.25) is 0 Å². The van der Waals surface area contributed by atoms with Crippen LogP contribution in [0.5, 0.6) is 0 Å². The van der Waals surface area contributed by atoms with Crippen molar-refractivity contribution in [2.75, 3.05) is 19.0 Å². The molecule has 0 aliphatic carbocycles. The van der Waals surface area contributed by atoms with Crippen LogP contribution in [0.4, 0.5) is 5.82 Å². The average molecular weight is 240 g/mol. The Morgan fingerprint density at radius 2 is 2.35 bits per heavy atom. The highest BCUT2D eigenvalue weighted by atomic mass is 16.5. The second-order valence-corrected chi connectivity index (χ2v) is 4.15. The van der Waals surface area contributed by atoms with Crippen LogP contribution in [0.15, 0.2) is 12.3 Å². The van der Waals surface area contributed by atoms with E-state index in [0.29, 0.717) is 18.8 Å². The lowest BCUT2D eigenvalue weighted by molar-refractivity contribution is -0.117. The molecule has 1 rings (SSSR count). The molecule has 0 aliphatic rings. The first-order valence-corrected chi connectivity index (χ1v) is 5.65. The van der Waals surface area contributed by atoms with Gasteiger partial charge in [-0.05, 0) is 20.3 Å². The number of ether oxygens (including phenoxy) is 1. The number of nitrogens with zero attached hydrogens (tertiary/aromatic N) is 2. The number of nitrogens with two attached hydrogens (primary N) is 1. The first-order chi connectivity index (χ1) is 8.04. The lowest BCUT2D eigenvalue weighted by Crippen LogP contribution is -2.36. The normalized spacial score (nSPS) is 12.8. The molecule has 0 spiro atoms. The van der Waals surface area contributed by atoms with E-state index in [1.165, 1.54) is 0 Å². The maximum atomic E-state index is 11.7. The van der Waals surface area contributed by atoms with Crippen molar-refractivity contribution >= 4 is 11.7 Å². The number of rotatable bonds is 6. The smallest absolute Gasteiger partial charge is 0.242 e. The van der Waals surface area contributed by atoms with Crippen molar-refractivity contribution in [1.82, 2.24) is 9.78 Å². The maximum Gasteiger partial charge on any atom is 0.242 e. The minimum absolute atomic E-state index is 0.240. The maximum absolute atomic E-state index is 11.7. The minimum atomic E-state index is -0.570. The molecule has 96 valence electrons. The largest absolute Gasteiger partial charge is 0.385 e. The van der Waals surface area contributed by atoms with E-state index < -0.39 is 6.04 Å². The van der Waals surface area contributed by atoms with Crippen LogP contribution in [0.3, 0.4) is 0 Å². The van der Waals surface area contributed by atoms with Crippen molar-refractivity contribution in [3.8, 4) is 0 Å². The minimum Gasteiger partial charge on any atom is -0.385 e. The van der Waals surface area contributed by atoms with Crippen molar-refractivity contribution < 1.29 is 9.53 Å². The second-order valence-electron chi connectivity index (χ2n) is 4.15. The molecule has 17 heavy (non-hydrogen) atoms. The molecule has 1 unspecified atom stereocenters. The van der Waals surface area contributed by atoms with Crippen molar-refractivity contribution in [2.24, 2.45) is 5.73 Å². The molecular formula is C11H20N4O2. The van der Waals surface area contributed by atoms with Crippen LogP contribution in [-0.2, 0) is 9.53 Å². The molecule has 0 aromatic carbocycles. The van der Waals surface area contributed by atoms with E-state index in [4.69, 9.17) is 10.5 Å². The molecule has 1 aromatic heterocycles. The van der Waals surface area contributed by atoms with Crippen molar-refractivity contribution in [2.45, 2.75) is 32.4 Å². The third-order valence-corrected chi connectivity index (χ3v) is 2.36. The van der Waals surface area contributed by atoms with E-state index in [1.807, 2.05) is 20.0 Å². The Bertz CT molecular complexity index is 362. The predicted molar refractivity (Wildman–Crippen MR) is 65.7 cm³/mol. The molecule has 6 nitrogen and oxygen atoms in total. The highest BCUT2D eigenvalue weighted by molar-refractivity contribution is 5.93. The van der Waals surface area contributed by atoms with E-state index in [-0.39, 0.29) is 11.9 Å². The molecule has 1 amide bonds. The van der Waals surface area contributed by atoms with Crippen LogP contribution in [0.25, 0.3) is 0 Å². The number of hydrogen-bond acceptors (Lipinski definition) is 4. The Morgan fingerprint density at radius 3 is 2.88 bits per heavy atom. The number of hydrogen-bond donors (Lipinski definition) is 2. The zero-order valence-corrected chi connectivity index (χ0v) is 10.5. The Balaban J connectivity index is 2.49. The lowest BCUT2D eigenvalue weighted by atomic mass is 10.2. The number of methoxy groups -OCH3 is 1. The SMILES string of the molecule is COCCC(N)C(=O)Nc1ccn(C(C)C)n1. The van der Waals surface area contributed by atoms with Crippen molar-refractivity contribution in [3.63, 3.8) is 0 Å². The number of carbonyl (C=O) groups excluding carboxylic acids is 1. The van der Waals surface area contributed by atoms with E-state index >= 15 is 0 Å². The summed E-state index contributed by atoms with van der Waals surface area (Å²) in [6.07, 6.45) is 2.31. The van der Waals surface area contributed by atoms with Crippen LogP contribution in [0.1, 0.15) is 26.3 Å². The van der Waals surface area contributed by atoms with E-state index in [9.17, 15) is 4.79 Å². The fraction of sp³-hybridized carbons (Fsp3) is 0.636. The molecule has 1 atom stereocenters. The summed E-state index contributed by atoms with van der Waals surface area (Å²) in [5.41, 5.74) is 5.69. The van der Waals surface area contributed by atoms with Gasteiger partial charge in [-0.25, -0.2) is 0 Å².